The number of aliphatic carboxylic acids is 1. The topological polar surface area (TPSA) is 86.0 Å². The van der Waals surface area contributed by atoms with Crippen molar-refractivity contribution in [2.24, 2.45) is 0 Å². The van der Waals surface area contributed by atoms with Gasteiger partial charge in [0, 0.05) is 11.7 Å². The molecule has 5 nitrogen and oxygen atoms in total. The highest BCUT2D eigenvalue weighted by Gasteiger charge is 2.39. The normalized spacial score (nSPS) is 16.6. The van der Waals surface area contributed by atoms with Crippen LogP contribution in [0.5, 0.6) is 0 Å². The van der Waals surface area contributed by atoms with E-state index in [1.54, 1.807) is 18.5 Å². The molecule has 0 radical (unpaired) electrons. The SMILES string of the molecule is N#Cc1ccncc1NC1(CC(=O)O)CCC1. The number of hydrogen-bond acceptors (Lipinski definition) is 4. The Balaban J connectivity index is 2.19. The number of pyridine rings is 1. The van der Waals surface area contributed by atoms with Crippen LogP contribution in [0.1, 0.15) is 31.2 Å². The van der Waals surface area contributed by atoms with Crippen molar-refractivity contribution in [3.63, 3.8) is 0 Å². The van der Waals surface area contributed by atoms with Gasteiger partial charge >= 0.3 is 5.97 Å². The zero-order chi connectivity index (χ0) is 12.3. The van der Waals surface area contributed by atoms with Crippen LogP contribution in [-0.4, -0.2) is 21.6 Å². The standard InChI is InChI=1S/C12H13N3O2/c13-7-9-2-5-14-8-10(9)15-12(3-1-4-12)6-11(16)17/h2,5,8,15H,1,3-4,6H2,(H,16,17). The van der Waals surface area contributed by atoms with Crippen LogP contribution in [0.4, 0.5) is 5.69 Å². The summed E-state index contributed by atoms with van der Waals surface area (Å²) >= 11 is 0. The van der Waals surface area contributed by atoms with Gasteiger partial charge in [-0.3, -0.25) is 9.78 Å². The van der Waals surface area contributed by atoms with E-state index in [1.807, 2.05) is 0 Å². The van der Waals surface area contributed by atoms with Gasteiger partial charge in [-0.1, -0.05) is 0 Å². The van der Waals surface area contributed by atoms with E-state index in [4.69, 9.17) is 10.4 Å². The summed E-state index contributed by atoms with van der Waals surface area (Å²) in [6.45, 7) is 0. The van der Waals surface area contributed by atoms with E-state index in [1.165, 1.54) is 0 Å². The van der Waals surface area contributed by atoms with Crippen LogP contribution in [0.15, 0.2) is 18.5 Å². The molecule has 0 atom stereocenters. The number of nitriles is 1. The van der Waals surface area contributed by atoms with Gasteiger partial charge in [0.2, 0.25) is 0 Å². The Hall–Kier alpha value is -2.09. The molecule has 0 spiro atoms. The number of nitrogens with one attached hydrogen (secondary N) is 1. The first-order valence-corrected chi connectivity index (χ1v) is 5.49. The summed E-state index contributed by atoms with van der Waals surface area (Å²) in [5.74, 6) is -0.820. The molecule has 0 bridgehead atoms. The molecule has 88 valence electrons. The summed E-state index contributed by atoms with van der Waals surface area (Å²) in [5, 5.41) is 21.0. The lowest BCUT2D eigenvalue weighted by atomic mass is 9.74. The minimum atomic E-state index is -0.820. The Labute approximate surface area is 99.1 Å². The molecule has 1 saturated carbocycles. The molecule has 1 fully saturated rings. The fourth-order valence-electron chi connectivity index (χ4n) is 2.12. The fraction of sp³-hybridized carbons (Fsp3) is 0.417. The highest BCUT2D eigenvalue weighted by molar-refractivity contribution is 5.70. The summed E-state index contributed by atoms with van der Waals surface area (Å²) in [4.78, 5) is 14.8. The number of anilines is 1. The molecule has 2 rings (SSSR count). The van der Waals surface area contributed by atoms with Gasteiger partial charge in [0.05, 0.1) is 23.9 Å². The second-order valence-corrected chi connectivity index (χ2v) is 4.36. The quantitative estimate of drug-likeness (QED) is 0.824. The summed E-state index contributed by atoms with van der Waals surface area (Å²) in [6.07, 6.45) is 5.85. The monoisotopic (exact) mass is 231 g/mol. The van der Waals surface area contributed by atoms with E-state index in [0.717, 1.165) is 19.3 Å². The second kappa shape index (κ2) is 4.42. The average molecular weight is 231 g/mol. The first-order chi connectivity index (χ1) is 8.15. The molecule has 1 heterocycles. The van der Waals surface area contributed by atoms with Gasteiger partial charge in [-0.15, -0.1) is 0 Å². The third kappa shape index (κ3) is 2.36. The molecule has 1 aliphatic rings. The van der Waals surface area contributed by atoms with Gasteiger partial charge in [-0.25, -0.2) is 0 Å². The minimum Gasteiger partial charge on any atom is -0.481 e. The van der Waals surface area contributed by atoms with Crippen molar-refractivity contribution in [3.8, 4) is 6.07 Å². The highest BCUT2D eigenvalue weighted by Crippen LogP contribution is 2.38. The van der Waals surface area contributed by atoms with E-state index >= 15 is 0 Å². The summed E-state index contributed by atoms with van der Waals surface area (Å²) in [6, 6.07) is 3.69. The number of carboxylic acids is 1. The third-order valence-corrected chi connectivity index (χ3v) is 3.14. The van der Waals surface area contributed by atoms with Gasteiger partial charge in [-0.05, 0) is 25.3 Å². The highest BCUT2D eigenvalue weighted by atomic mass is 16.4. The Morgan fingerprint density at radius 3 is 2.94 bits per heavy atom. The molecule has 0 aliphatic heterocycles. The molecule has 17 heavy (non-hydrogen) atoms. The molecular formula is C12H13N3O2. The zero-order valence-electron chi connectivity index (χ0n) is 9.31. The Morgan fingerprint density at radius 2 is 2.41 bits per heavy atom. The predicted molar refractivity (Wildman–Crippen MR) is 61.4 cm³/mol. The second-order valence-electron chi connectivity index (χ2n) is 4.36. The number of hydrogen-bond donors (Lipinski definition) is 2. The molecular weight excluding hydrogens is 218 g/mol. The van der Waals surface area contributed by atoms with E-state index in [-0.39, 0.29) is 6.42 Å². The predicted octanol–water partition coefficient (Wildman–Crippen LogP) is 1.76. The van der Waals surface area contributed by atoms with Crippen molar-refractivity contribution in [1.82, 2.24) is 4.98 Å². The molecule has 0 aromatic carbocycles. The van der Waals surface area contributed by atoms with E-state index in [2.05, 4.69) is 16.4 Å². The van der Waals surface area contributed by atoms with Crippen LogP contribution < -0.4 is 5.32 Å². The molecule has 2 N–H and O–H groups in total. The van der Waals surface area contributed by atoms with Gasteiger partial charge in [0.25, 0.3) is 0 Å². The Bertz CT molecular complexity index is 475. The summed E-state index contributed by atoms with van der Waals surface area (Å²) in [5.41, 5.74) is 0.716. The smallest absolute Gasteiger partial charge is 0.305 e. The lowest BCUT2D eigenvalue weighted by Crippen LogP contribution is -2.46. The molecule has 1 aromatic heterocycles. The van der Waals surface area contributed by atoms with Crippen LogP contribution >= 0.6 is 0 Å². The van der Waals surface area contributed by atoms with Crippen molar-refractivity contribution in [1.29, 1.82) is 5.26 Å². The summed E-state index contributed by atoms with van der Waals surface area (Å²) in [7, 11) is 0. The van der Waals surface area contributed by atoms with Crippen LogP contribution in [-0.2, 0) is 4.79 Å². The van der Waals surface area contributed by atoms with Crippen LogP contribution in [0, 0.1) is 11.3 Å². The molecule has 0 unspecified atom stereocenters. The van der Waals surface area contributed by atoms with E-state index in [0.29, 0.717) is 11.3 Å². The van der Waals surface area contributed by atoms with Crippen molar-refractivity contribution in [2.45, 2.75) is 31.2 Å². The van der Waals surface area contributed by atoms with Crippen LogP contribution in [0.2, 0.25) is 0 Å². The molecule has 0 amide bonds. The lowest BCUT2D eigenvalue weighted by Gasteiger charge is -2.42. The Kier molecular flexibility index (Phi) is 2.96. The number of carbonyl (C=O) groups is 1. The van der Waals surface area contributed by atoms with Crippen molar-refractivity contribution < 1.29 is 9.90 Å². The average Bonchev–Trinajstić information content (AvgIpc) is 2.26. The Morgan fingerprint density at radius 1 is 1.65 bits per heavy atom. The maximum absolute atomic E-state index is 10.8. The lowest BCUT2D eigenvalue weighted by molar-refractivity contribution is -0.138. The minimum absolute atomic E-state index is 0.0762. The largest absolute Gasteiger partial charge is 0.481 e. The van der Waals surface area contributed by atoms with Gasteiger partial charge < -0.3 is 10.4 Å². The maximum Gasteiger partial charge on any atom is 0.305 e. The van der Waals surface area contributed by atoms with Gasteiger partial charge in [0.15, 0.2) is 0 Å². The van der Waals surface area contributed by atoms with Crippen molar-refractivity contribution in [3.05, 3.63) is 24.0 Å². The fourth-order valence-corrected chi connectivity index (χ4v) is 2.12. The van der Waals surface area contributed by atoms with Gasteiger partial charge in [0.1, 0.15) is 6.07 Å². The maximum atomic E-state index is 10.8. The zero-order valence-corrected chi connectivity index (χ0v) is 9.31. The summed E-state index contributed by atoms with van der Waals surface area (Å²) < 4.78 is 0. The third-order valence-electron chi connectivity index (χ3n) is 3.14. The molecule has 1 aliphatic carbocycles. The molecule has 5 heteroatoms. The van der Waals surface area contributed by atoms with Crippen molar-refractivity contribution >= 4 is 11.7 Å². The molecule has 0 saturated heterocycles. The number of aromatic nitrogens is 1. The first-order valence-electron chi connectivity index (χ1n) is 5.49. The van der Waals surface area contributed by atoms with Gasteiger partial charge in [-0.2, -0.15) is 5.26 Å². The first kappa shape index (κ1) is 11.4. The van der Waals surface area contributed by atoms with E-state index < -0.39 is 11.5 Å². The molecule has 1 aromatic rings. The van der Waals surface area contributed by atoms with Crippen LogP contribution in [0.25, 0.3) is 0 Å². The number of rotatable bonds is 4. The number of nitrogens with zero attached hydrogens (tertiary/aromatic N) is 2. The number of carboxylic acid groups (broad SMARTS) is 1. The van der Waals surface area contributed by atoms with Crippen LogP contribution in [0.3, 0.4) is 0 Å². The van der Waals surface area contributed by atoms with E-state index in [9.17, 15) is 4.79 Å². The van der Waals surface area contributed by atoms with Crippen molar-refractivity contribution in [2.75, 3.05) is 5.32 Å².